The van der Waals surface area contributed by atoms with Gasteiger partial charge in [-0.1, -0.05) is 12.1 Å². The Morgan fingerprint density at radius 2 is 2.28 bits per heavy atom. The van der Waals surface area contributed by atoms with E-state index in [0.29, 0.717) is 12.3 Å². The molecule has 1 N–H and O–H groups in total. The van der Waals surface area contributed by atoms with Gasteiger partial charge in [-0.2, -0.15) is 0 Å². The lowest BCUT2D eigenvalue weighted by atomic mass is 10.3. The van der Waals surface area contributed by atoms with Crippen LogP contribution in [0.1, 0.15) is 10.6 Å². The van der Waals surface area contributed by atoms with E-state index < -0.39 is 0 Å². The Kier molecular flexibility index (Phi) is 5.23. The van der Waals surface area contributed by atoms with E-state index >= 15 is 0 Å². The summed E-state index contributed by atoms with van der Waals surface area (Å²) in [6, 6.07) is 9.80. The number of thiophene rings is 1. The summed E-state index contributed by atoms with van der Waals surface area (Å²) in [5.74, 6) is 1.45. The summed E-state index contributed by atoms with van der Waals surface area (Å²) in [5.41, 5.74) is 0.883. The molecule has 5 heteroatoms. The van der Waals surface area contributed by atoms with Crippen LogP contribution >= 0.6 is 23.1 Å². The minimum absolute atomic E-state index is 0.0576. The lowest BCUT2D eigenvalue weighted by Crippen LogP contribution is -2.25. The first-order valence-corrected chi connectivity index (χ1v) is 7.65. The number of hydrogen-bond acceptors (Lipinski definition) is 4. The maximum Gasteiger partial charge on any atom is 0.230 e. The molecular formula is C13H14N2OS2. The van der Waals surface area contributed by atoms with Gasteiger partial charge in [0.05, 0.1) is 18.0 Å². The van der Waals surface area contributed by atoms with E-state index in [-0.39, 0.29) is 5.91 Å². The van der Waals surface area contributed by atoms with Crippen molar-refractivity contribution in [2.75, 3.05) is 5.75 Å². The van der Waals surface area contributed by atoms with Crippen molar-refractivity contribution in [2.24, 2.45) is 0 Å². The third kappa shape index (κ3) is 4.50. The molecule has 0 atom stereocenters. The number of thioether (sulfide) groups is 1. The third-order valence-electron chi connectivity index (χ3n) is 2.25. The molecule has 2 rings (SSSR count). The second-order valence-electron chi connectivity index (χ2n) is 3.67. The van der Waals surface area contributed by atoms with E-state index in [9.17, 15) is 4.79 Å². The number of nitrogens with one attached hydrogen (secondary N) is 1. The number of hydrogen-bond donors (Lipinski definition) is 1. The molecule has 2 heterocycles. The third-order valence-corrected chi connectivity index (χ3v) is 4.29. The molecule has 0 spiro atoms. The molecule has 2 aromatic rings. The van der Waals surface area contributed by atoms with Gasteiger partial charge in [-0.3, -0.25) is 9.78 Å². The number of carbonyl (C=O) groups is 1. The van der Waals surface area contributed by atoms with Crippen LogP contribution in [0.25, 0.3) is 0 Å². The van der Waals surface area contributed by atoms with Crippen LogP contribution in [-0.4, -0.2) is 16.6 Å². The first kappa shape index (κ1) is 13.1. The summed E-state index contributed by atoms with van der Waals surface area (Å²) in [6.07, 6.45) is 1.73. The predicted molar refractivity (Wildman–Crippen MR) is 76.6 cm³/mol. The number of amides is 1. The maximum atomic E-state index is 11.6. The molecule has 3 nitrogen and oxygen atoms in total. The van der Waals surface area contributed by atoms with Crippen LogP contribution in [0.5, 0.6) is 0 Å². The van der Waals surface area contributed by atoms with Gasteiger partial charge in [-0.25, -0.2) is 0 Å². The van der Waals surface area contributed by atoms with E-state index in [4.69, 9.17) is 0 Å². The van der Waals surface area contributed by atoms with Crippen LogP contribution in [0.3, 0.4) is 0 Å². The average Bonchev–Trinajstić information content (AvgIpc) is 2.91. The lowest BCUT2D eigenvalue weighted by molar-refractivity contribution is -0.118. The fourth-order valence-electron chi connectivity index (χ4n) is 1.38. The van der Waals surface area contributed by atoms with Gasteiger partial charge >= 0.3 is 0 Å². The highest BCUT2D eigenvalue weighted by atomic mass is 32.2. The van der Waals surface area contributed by atoms with Crippen LogP contribution < -0.4 is 5.32 Å². The highest BCUT2D eigenvalue weighted by molar-refractivity contribution is 7.99. The number of pyridine rings is 1. The van der Waals surface area contributed by atoms with E-state index in [1.165, 1.54) is 4.88 Å². The molecule has 0 unspecified atom stereocenters. The molecule has 0 saturated carbocycles. The Labute approximate surface area is 115 Å². The fourth-order valence-corrected chi connectivity index (χ4v) is 3.08. The van der Waals surface area contributed by atoms with Crippen molar-refractivity contribution >= 4 is 29.0 Å². The first-order valence-electron chi connectivity index (χ1n) is 5.61. The van der Waals surface area contributed by atoms with Crippen LogP contribution in [0.15, 0.2) is 41.9 Å². The smallest absolute Gasteiger partial charge is 0.230 e. The summed E-state index contributed by atoms with van der Waals surface area (Å²) < 4.78 is 0. The summed E-state index contributed by atoms with van der Waals surface area (Å²) in [7, 11) is 0. The van der Waals surface area contributed by atoms with Crippen molar-refractivity contribution in [2.45, 2.75) is 12.3 Å². The molecule has 0 aliphatic rings. The van der Waals surface area contributed by atoms with E-state index in [1.54, 1.807) is 29.3 Å². The highest BCUT2D eigenvalue weighted by Gasteiger charge is 2.02. The number of nitrogens with zero attached hydrogens (tertiary/aromatic N) is 1. The van der Waals surface area contributed by atoms with Gasteiger partial charge < -0.3 is 5.32 Å². The van der Waals surface area contributed by atoms with E-state index in [2.05, 4.69) is 21.7 Å². The molecule has 0 fully saturated rings. The SMILES string of the molecule is O=C(CSCc1cccs1)NCc1ccccn1. The van der Waals surface area contributed by atoms with Gasteiger partial charge in [0.15, 0.2) is 0 Å². The van der Waals surface area contributed by atoms with Crippen molar-refractivity contribution in [3.8, 4) is 0 Å². The van der Waals surface area contributed by atoms with Crippen LogP contribution in [-0.2, 0) is 17.1 Å². The Morgan fingerprint density at radius 1 is 1.33 bits per heavy atom. The number of carbonyl (C=O) groups excluding carboxylic acids is 1. The summed E-state index contributed by atoms with van der Waals surface area (Å²) >= 11 is 3.35. The molecule has 0 bridgehead atoms. The normalized spacial score (nSPS) is 10.2. The van der Waals surface area contributed by atoms with Gasteiger partial charge in [0.2, 0.25) is 5.91 Å². The number of rotatable bonds is 6. The predicted octanol–water partition coefficient (Wildman–Crippen LogP) is 2.69. The minimum Gasteiger partial charge on any atom is -0.350 e. The molecule has 0 aliphatic carbocycles. The van der Waals surface area contributed by atoms with Gasteiger partial charge in [0.1, 0.15) is 0 Å². The van der Waals surface area contributed by atoms with Crippen LogP contribution in [0.2, 0.25) is 0 Å². The quantitative estimate of drug-likeness (QED) is 0.883. The Balaban J connectivity index is 1.63. The molecule has 0 aromatic carbocycles. The molecule has 2 aromatic heterocycles. The van der Waals surface area contributed by atoms with Crippen molar-refractivity contribution in [1.82, 2.24) is 10.3 Å². The lowest BCUT2D eigenvalue weighted by Gasteiger charge is -2.04. The monoisotopic (exact) mass is 278 g/mol. The van der Waals surface area contributed by atoms with Crippen molar-refractivity contribution < 1.29 is 4.79 Å². The zero-order valence-electron chi connectivity index (χ0n) is 9.83. The fraction of sp³-hybridized carbons (Fsp3) is 0.231. The second kappa shape index (κ2) is 7.18. The topological polar surface area (TPSA) is 42.0 Å². The highest BCUT2D eigenvalue weighted by Crippen LogP contribution is 2.16. The van der Waals surface area contributed by atoms with Gasteiger partial charge in [0.25, 0.3) is 0 Å². The zero-order chi connectivity index (χ0) is 12.6. The molecule has 1 amide bonds. The zero-order valence-corrected chi connectivity index (χ0v) is 11.5. The minimum atomic E-state index is 0.0576. The Hall–Kier alpha value is -1.33. The second-order valence-corrected chi connectivity index (χ2v) is 5.69. The average molecular weight is 278 g/mol. The van der Waals surface area contributed by atoms with Crippen molar-refractivity contribution in [1.29, 1.82) is 0 Å². The molecule has 0 aliphatic heterocycles. The standard InChI is InChI=1S/C13H14N2OS2/c16-13(10-17-9-12-5-3-7-18-12)15-8-11-4-1-2-6-14-11/h1-7H,8-10H2,(H,15,16). The van der Waals surface area contributed by atoms with Gasteiger partial charge in [-0.05, 0) is 23.6 Å². The summed E-state index contributed by atoms with van der Waals surface area (Å²) in [6.45, 7) is 0.499. The van der Waals surface area contributed by atoms with Crippen LogP contribution in [0, 0.1) is 0 Å². The number of aromatic nitrogens is 1. The van der Waals surface area contributed by atoms with Crippen molar-refractivity contribution in [3.63, 3.8) is 0 Å². The van der Waals surface area contributed by atoms with Crippen molar-refractivity contribution in [3.05, 3.63) is 52.5 Å². The molecule has 0 saturated heterocycles. The van der Waals surface area contributed by atoms with Crippen LogP contribution in [0.4, 0.5) is 0 Å². The Bertz CT molecular complexity index is 471. The largest absolute Gasteiger partial charge is 0.350 e. The first-order chi connectivity index (χ1) is 8.84. The van der Waals surface area contributed by atoms with E-state index in [1.807, 2.05) is 24.3 Å². The summed E-state index contributed by atoms with van der Waals surface area (Å²) in [4.78, 5) is 17.0. The molecule has 94 valence electrons. The molecule has 0 radical (unpaired) electrons. The van der Waals surface area contributed by atoms with Gasteiger partial charge in [0, 0.05) is 16.8 Å². The van der Waals surface area contributed by atoms with E-state index in [0.717, 1.165) is 11.4 Å². The maximum absolute atomic E-state index is 11.6. The van der Waals surface area contributed by atoms with Gasteiger partial charge in [-0.15, -0.1) is 23.1 Å². The molecular weight excluding hydrogens is 264 g/mol. The Morgan fingerprint density at radius 3 is 3.00 bits per heavy atom. The summed E-state index contributed by atoms with van der Waals surface area (Å²) in [5, 5.41) is 4.91. The molecule has 18 heavy (non-hydrogen) atoms.